The van der Waals surface area contributed by atoms with Crippen LogP contribution >= 0.6 is 0 Å². The van der Waals surface area contributed by atoms with Crippen LogP contribution in [0.25, 0.3) is 16.8 Å². The molecule has 0 aliphatic heterocycles. The highest BCUT2D eigenvalue weighted by Gasteiger charge is 2.18. The molecule has 0 amide bonds. The number of rotatable bonds is 2. The van der Waals surface area contributed by atoms with Gasteiger partial charge in [-0.2, -0.15) is 0 Å². The van der Waals surface area contributed by atoms with E-state index in [0.29, 0.717) is 0 Å². The van der Waals surface area contributed by atoms with Gasteiger partial charge in [0.1, 0.15) is 0 Å². The summed E-state index contributed by atoms with van der Waals surface area (Å²) in [7, 11) is 0. The highest BCUT2D eigenvalue weighted by Crippen LogP contribution is 2.27. The molecule has 0 saturated carbocycles. The third-order valence-corrected chi connectivity index (χ3v) is 4.48. The fraction of sp³-hybridized carbons (Fsp3) is 0.364. The van der Waals surface area contributed by atoms with Gasteiger partial charge in [-0.3, -0.25) is 0 Å². The van der Waals surface area contributed by atoms with Crippen LogP contribution < -0.4 is 0 Å². The van der Waals surface area contributed by atoms with E-state index in [9.17, 15) is 0 Å². The average molecular weight is 333 g/mol. The van der Waals surface area contributed by atoms with Gasteiger partial charge in [0.15, 0.2) is 0 Å². The van der Waals surface area contributed by atoms with Gasteiger partial charge in [0.05, 0.1) is 17.6 Å². The molecule has 0 radical (unpaired) electrons. The third kappa shape index (κ3) is 3.81. The summed E-state index contributed by atoms with van der Waals surface area (Å²) in [4.78, 5) is 0. The van der Waals surface area contributed by atoms with Gasteiger partial charge in [0.25, 0.3) is 0 Å². The minimum atomic E-state index is 0.00694. The van der Waals surface area contributed by atoms with E-state index < -0.39 is 0 Å². The third-order valence-electron chi connectivity index (χ3n) is 4.48. The molecule has 3 aromatic rings. The van der Waals surface area contributed by atoms with Gasteiger partial charge < -0.3 is 0 Å². The van der Waals surface area contributed by atoms with E-state index in [0.717, 1.165) is 11.4 Å². The van der Waals surface area contributed by atoms with E-state index in [2.05, 4.69) is 100 Å². The highest BCUT2D eigenvalue weighted by molar-refractivity contribution is 5.65. The summed E-state index contributed by atoms with van der Waals surface area (Å²) in [6.45, 7) is 13.1. The second kappa shape index (κ2) is 6.14. The van der Waals surface area contributed by atoms with Gasteiger partial charge in [-0.05, 0) is 34.2 Å². The van der Waals surface area contributed by atoms with Crippen LogP contribution in [0.4, 0.5) is 0 Å². The molecule has 0 aliphatic carbocycles. The Balaban J connectivity index is 1.84. The maximum atomic E-state index is 4.29. The summed E-state index contributed by atoms with van der Waals surface area (Å²) in [6, 6.07) is 17.3. The van der Waals surface area contributed by atoms with Gasteiger partial charge in [-0.1, -0.05) is 83.2 Å². The zero-order valence-corrected chi connectivity index (χ0v) is 16.0. The predicted octanol–water partition coefficient (Wildman–Crippen LogP) is 5.53. The lowest BCUT2D eigenvalue weighted by Crippen LogP contribution is -2.11. The summed E-state index contributed by atoms with van der Waals surface area (Å²) >= 11 is 0. The number of hydrogen-bond acceptors (Lipinski definition) is 2. The zero-order chi connectivity index (χ0) is 18.2. The lowest BCUT2D eigenvalue weighted by molar-refractivity contribution is 0.566. The largest absolute Gasteiger partial charge is 0.220 e. The molecule has 0 unspecified atom stereocenters. The Morgan fingerprint density at radius 3 is 1.64 bits per heavy atom. The highest BCUT2D eigenvalue weighted by atomic mass is 15.4. The first-order valence-electron chi connectivity index (χ1n) is 8.79. The van der Waals surface area contributed by atoms with Gasteiger partial charge >= 0.3 is 0 Å². The van der Waals surface area contributed by atoms with E-state index in [1.54, 1.807) is 0 Å². The summed E-state index contributed by atoms with van der Waals surface area (Å²) in [5, 5.41) is 8.55. The van der Waals surface area contributed by atoms with Crippen molar-refractivity contribution in [1.82, 2.24) is 15.0 Å². The minimum absolute atomic E-state index is 0.00694. The lowest BCUT2D eigenvalue weighted by atomic mass is 9.86. The molecule has 0 spiro atoms. The number of hydrogen-bond donors (Lipinski definition) is 0. The Labute approximate surface area is 150 Å². The molecule has 0 bridgehead atoms. The predicted molar refractivity (Wildman–Crippen MR) is 104 cm³/mol. The topological polar surface area (TPSA) is 30.7 Å². The van der Waals surface area contributed by atoms with Crippen LogP contribution in [0, 0.1) is 0 Å². The summed E-state index contributed by atoms with van der Waals surface area (Å²) in [6.07, 6.45) is 2.01. The first-order valence-corrected chi connectivity index (χ1v) is 8.79. The Morgan fingerprint density at radius 1 is 0.680 bits per heavy atom. The molecular formula is C22H27N3. The molecule has 1 heterocycles. The van der Waals surface area contributed by atoms with Crippen molar-refractivity contribution in [3.05, 3.63) is 66.0 Å². The van der Waals surface area contributed by atoms with Gasteiger partial charge in [0.2, 0.25) is 0 Å². The second-order valence-electron chi connectivity index (χ2n) is 8.67. The lowest BCUT2D eigenvalue weighted by Gasteiger charge is -2.19. The van der Waals surface area contributed by atoms with Crippen LogP contribution in [0.1, 0.15) is 52.8 Å². The normalized spacial score (nSPS) is 12.4. The molecule has 3 nitrogen and oxygen atoms in total. The van der Waals surface area contributed by atoms with Crippen LogP contribution in [0.15, 0.2) is 54.7 Å². The van der Waals surface area contributed by atoms with Crippen LogP contribution in [-0.2, 0) is 10.8 Å². The Bertz CT molecular complexity index is 842. The number of benzene rings is 2. The van der Waals surface area contributed by atoms with E-state index >= 15 is 0 Å². The maximum Gasteiger partial charge on any atom is 0.0885 e. The molecule has 0 aliphatic rings. The van der Waals surface area contributed by atoms with E-state index in [1.165, 1.54) is 16.7 Å². The fourth-order valence-electron chi connectivity index (χ4n) is 2.70. The summed E-state index contributed by atoms with van der Waals surface area (Å²) in [5.74, 6) is 0. The number of aromatic nitrogens is 3. The molecule has 0 saturated heterocycles. The van der Waals surface area contributed by atoms with Crippen molar-refractivity contribution < 1.29 is 0 Å². The second-order valence-corrected chi connectivity index (χ2v) is 8.67. The molecule has 3 heteroatoms. The van der Waals surface area contributed by atoms with E-state index in [-0.39, 0.29) is 10.8 Å². The van der Waals surface area contributed by atoms with Crippen LogP contribution in [-0.4, -0.2) is 15.0 Å². The smallest absolute Gasteiger partial charge is 0.0885 e. The van der Waals surface area contributed by atoms with E-state index in [1.807, 2.05) is 10.9 Å². The SMILES string of the molecule is CC(C)(C)c1ccc(-c2ccc(-n3cc(C(C)(C)C)nn3)cc2)cc1. The number of nitrogens with zero attached hydrogens (tertiary/aromatic N) is 3. The molecule has 1 aromatic heterocycles. The van der Waals surface area contributed by atoms with Gasteiger partial charge in [-0.25, -0.2) is 4.68 Å². The molecule has 3 rings (SSSR count). The molecule has 0 fully saturated rings. The Hall–Kier alpha value is -2.42. The fourth-order valence-corrected chi connectivity index (χ4v) is 2.70. The monoisotopic (exact) mass is 333 g/mol. The first-order chi connectivity index (χ1) is 11.6. The van der Waals surface area contributed by atoms with Crippen molar-refractivity contribution in [2.45, 2.75) is 52.4 Å². The van der Waals surface area contributed by atoms with Gasteiger partial charge in [-0.15, -0.1) is 5.10 Å². The Morgan fingerprint density at radius 2 is 1.20 bits per heavy atom. The van der Waals surface area contributed by atoms with Gasteiger partial charge in [0, 0.05) is 5.41 Å². The van der Waals surface area contributed by atoms with Crippen molar-refractivity contribution in [2.75, 3.05) is 0 Å². The van der Waals surface area contributed by atoms with Crippen LogP contribution in [0.3, 0.4) is 0 Å². The van der Waals surface area contributed by atoms with Crippen molar-refractivity contribution in [1.29, 1.82) is 0 Å². The standard InChI is InChI=1S/C22H27N3/c1-21(2,3)18-11-7-16(8-12-18)17-9-13-19(14-10-17)25-15-20(23-24-25)22(4,5)6/h7-15H,1-6H3. The maximum absolute atomic E-state index is 4.29. The molecule has 130 valence electrons. The zero-order valence-electron chi connectivity index (χ0n) is 16.0. The van der Waals surface area contributed by atoms with Crippen molar-refractivity contribution in [3.8, 4) is 16.8 Å². The molecule has 2 aromatic carbocycles. The van der Waals surface area contributed by atoms with Crippen LogP contribution in [0.5, 0.6) is 0 Å². The van der Waals surface area contributed by atoms with Crippen molar-refractivity contribution >= 4 is 0 Å². The van der Waals surface area contributed by atoms with Crippen molar-refractivity contribution in [3.63, 3.8) is 0 Å². The molecule has 0 N–H and O–H groups in total. The molecular weight excluding hydrogens is 306 g/mol. The van der Waals surface area contributed by atoms with E-state index in [4.69, 9.17) is 0 Å². The first kappa shape index (κ1) is 17.4. The molecule has 25 heavy (non-hydrogen) atoms. The van der Waals surface area contributed by atoms with Crippen LogP contribution in [0.2, 0.25) is 0 Å². The minimum Gasteiger partial charge on any atom is -0.220 e. The quantitative estimate of drug-likeness (QED) is 0.617. The summed E-state index contributed by atoms with van der Waals surface area (Å²) < 4.78 is 1.84. The summed E-state index contributed by atoms with van der Waals surface area (Å²) in [5.41, 5.74) is 6.00. The van der Waals surface area contributed by atoms with Crippen molar-refractivity contribution in [2.24, 2.45) is 0 Å². The Kier molecular flexibility index (Phi) is 4.28. The average Bonchev–Trinajstić information content (AvgIpc) is 3.05. The molecule has 0 atom stereocenters.